The number of aromatic nitrogens is 3. The SMILES string of the molecule is CC(C)CCc1cc(F)c(CCc2nc3nc(O[C@@H]4CO[C@H]5[C@@H]4OC[C@H]5O)[nH]c3cc2Cl)c(F)c1. The molecule has 0 saturated carbocycles. The first-order valence-electron chi connectivity index (χ1n) is 11.9. The topological polar surface area (TPSA) is 89.5 Å². The van der Waals surface area contributed by atoms with Gasteiger partial charge in [-0.3, -0.25) is 0 Å². The van der Waals surface area contributed by atoms with Gasteiger partial charge in [0.1, 0.15) is 29.9 Å². The Morgan fingerprint density at radius 3 is 2.57 bits per heavy atom. The highest BCUT2D eigenvalue weighted by atomic mass is 35.5. The van der Waals surface area contributed by atoms with Crippen LogP contribution in [0.5, 0.6) is 6.01 Å². The van der Waals surface area contributed by atoms with Gasteiger partial charge in [-0.05, 0) is 55.4 Å². The minimum Gasteiger partial charge on any atom is -0.456 e. The molecular weight excluding hydrogens is 480 g/mol. The number of hydrogen-bond donors (Lipinski definition) is 2. The van der Waals surface area contributed by atoms with E-state index in [1.807, 2.05) is 0 Å². The highest BCUT2D eigenvalue weighted by Crippen LogP contribution is 2.30. The molecule has 2 fully saturated rings. The number of H-pyrrole nitrogens is 1. The van der Waals surface area contributed by atoms with Gasteiger partial charge in [0.25, 0.3) is 6.01 Å². The van der Waals surface area contributed by atoms with E-state index in [0.29, 0.717) is 39.8 Å². The average molecular weight is 508 g/mol. The lowest BCUT2D eigenvalue weighted by atomic mass is 9.99. The fourth-order valence-electron chi connectivity index (χ4n) is 4.59. The van der Waals surface area contributed by atoms with Crippen molar-refractivity contribution in [3.63, 3.8) is 0 Å². The molecule has 1 aromatic carbocycles. The van der Waals surface area contributed by atoms with Gasteiger partial charge < -0.3 is 24.3 Å². The third-order valence-corrected chi connectivity index (χ3v) is 6.87. The lowest BCUT2D eigenvalue weighted by molar-refractivity contribution is 0.00706. The molecule has 3 aromatic rings. The fraction of sp³-hybridized carbons (Fsp3) is 0.520. The van der Waals surface area contributed by atoms with Crippen LogP contribution in [0.15, 0.2) is 18.2 Å². The maximum absolute atomic E-state index is 14.6. The van der Waals surface area contributed by atoms with Gasteiger partial charge in [0.2, 0.25) is 0 Å². The molecule has 0 bridgehead atoms. The summed E-state index contributed by atoms with van der Waals surface area (Å²) in [4.78, 5) is 11.9. The van der Waals surface area contributed by atoms with Crippen molar-refractivity contribution in [3.05, 3.63) is 51.7 Å². The molecule has 0 aliphatic carbocycles. The highest BCUT2D eigenvalue weighted by Gasteiger charge is 2.48. The van der Waals surface area contributed by atoms with E-state index in [0.717, 1.165) is 6.42 Å². The molecule has 4 heterocycles. The average Bonchev–Trinajstić information content (AvgIpc) is 3.48. The van der Waals surface area contributed by atoms with E-state index >= 15 is 0 Å². The van der Waals surface area contributed by atoms with Crippen molar-refractivity contribution in [3.8, 4) is 6.01 Å². The molecular formula is C25H28ClF2N3O4. The summed E-state index contributed by atoms with van der Waals surface area (Å²) in [6, 6.07) is 4.74. The van der Waals surface area contributed by atoms with Gasteiger partial charge in [-0.25, -0.2) is 13.8 Å². The Labute approximate surface area is 206 Å². The molecule has 0 radical (unpaired) electrons. The number of rotatable bonds is 8. The molecule has 0 unspecified atom stereocenters. The molecule has 5 rings (SSSR count). The number of benzene rings is 1. The second-order valence-electron chi connectivity index (χ2n) is 9.62. The summed E-state index contributed by atoms with van der Waals surface area (Å²) in [5.74, 6) is -0.634. The van der Waals surface area contributed by atoms with E-state index < -0.39 is 29.9 Å². The Hall–Kier alpha value is -2.33. The zero-order valence-corrected chi connectivity index (χ0v) is 20.3. The first-order chi connectivity index (χ1) is 16.8. The number of halogens is 3. The number of aromatic amines is 1. The number of hydrogen-bond acceptors (Lipinski definition) is 6. The molecule has 2 N–H and O–H groups in total. The van der Waals surface area contributed by atoms with Crippen molar-refractivity contribution in [1.82, 2.24) is 15.0 Å². The minimum absolute atomic E-state index is 0.0249. The van der Waals surface area contributed by atoms with Crippen molar-refractivity contribution in [2.45, 2.75) is 63.9 Å². The van der Waals surface area contributed by atoms with Crippen LogP contribution < -0.4 is 4.74 Å². The zero-order chi connectivity index (χ0) is 24.7. The maximum atomic E-state index is 14.6. The number of imidazole rings is 1. The number of fused-ring (bicyclic) bond motifs is 2. The Morgan fingerprint density at radius 1 is 1.09 bits per heavy atom. The maximum Gasteiger partial charge on any atom is 0.296 e. The predicted molar refractivity (Wildman–Crippen MR) is 126 cm³/mol. The van der Waals surface area contributed by atoms with E-state index in [2.05, 4.69) is 28.8 Å². The molecule has 2 aliphatic rings. The normalized spacial score (nSPS) is 24.0. The van der Waals surface area contributed by atoms with E-state index in [-0.39, 0.29) is 43.7 Å². The molecule has 2 aromatic heterocycles. The summed E-state index contributed by atoms with van der Waals surface area (Å²) in [6.45, 7) is 4.64. The van der Waals surface area contributed by atoms with Gasteiger partial charge >= 0.3 is 0 Å². The molecule has 35 heavy (non-hydrogen) atoms. The Bertz CT molecular complexity index is 1200. The van der Waals surface area contributed by atoms with Gasteiger partial charge in [0, 0.05) is 5.56 Å². The Balaban J connectivity index is 1.28. The van der Waals surface area contributed by atoms with Crippen LogP contribution in [-0.2, 0) is 28.7 Å². The summed E-state index contributed by atoms with van der Waals surface area (Å²) >= 11 is 6.41. The van der Waals surface area contributed by atoms with Crippen molar-refractivity contribution in [2.75, 3.05) is 13.2 Å². The third kappa shape index (κ3) is 5.14. The first-order valence-corrected chi connectivity index (χ1v) is 12.3. The van der Waals surface area contributed by atoms with Crippen LogP contribution in [0.1, 0.15) is 37.1 Å². The summed E-state index contributed by atoms with van der Waals surface area (Å²) in [7, 11) is 0. The molecule has 7 nitrogen and oxygen atoms in total. The molecule has 2 saturated heterocycles. The van der Waals surface area contributed by atoms with E-state index in [1.54, 1.807) is 6.07 Å². The van der Waals surface area contributed by atoms with Gasteiger partial charge in [-0.2, -0.15) is 4.98 Å². The molecule has 0 spiro atoms. The minimum atomic E-state index is -0.668. The van der Waals surface area contributed by atoms with Crippen LogP contribution in [0.2, 0.25) is 5.02 Å². The zero-order valence-electron chi connectivity index (χ0n) is 19.6. The van der Waals surface area contributed by atoms with Crippen LogP contribution in [0.4, 0.5) is 8.78 Å². The number of aryl methyl sites for hydroxylation is 2. The third-order valence-electron chi connectivity index (χ3n) is 6.55. The summed E-state index contributed by atoms with van der Waals surface area (Å²) in [5.41, 5.74) is 2.13. The lowest BCUT2D eigenvalue weighted by Crippen LogP contribution is -2.34. The quantitative estimate of drug-likeness (QED) is 0.476. The van der Waals surface area contributed by atoms with Crippen LogP contribution in [0.3, 0.4) is 0 Å². The number of ether oxygens (including phenoxy) is 3. The smallest absolute Gasteiger partial charge is 0.296 e. The van der Waals surface area contributed by atoms with Gasteiger partial charge in [0.05, 0.1) is 29.4 Å². The van der Waals surface area contributed by atoms with E-state index in [4.69, 9.17) is 25.8 Å². The summed E-state index contributed by atoms with van der Waals surface area (Å²) < 4.78 is 46.3. The second-order valence-corrected chi connectivity index (χ2v) is 10.0. The Morgan fingerprint density at radius 2 is 1.83 bits per heavy atom. The number of nitrogens with zero attached hydrogens (tertiary/aromatic N) is 2. The van der Waals surface area contributed by atoms with E-state index in [9.17, 15) is 13.9 Å². The summed E-state index contributed by atoms with van der Waals surface area (Å²) in [6.07, 6.45) is 0.0254. The molecule has 0 amide bonds. The summed E-state index contributed by atoms with van der Waals surface area (Å²) in [5, 5.41) is 10.3. The number of nitrogens with one attached hydrogen (secondary N) is 1. The highest BCUT2D eigenvalue weighted by molar-refractivity contribution is 6.31. The van der Waals surface area contributed by atoms with Crippen molar-refractivity contribution < 1.29 is 28.1 Å². The molecule has 4 atom stereocenters. The van der Waals surface area contributed by atoms with Crippen molar-refractivity contribution in [2.24, 2.45) is 5.92 Å². The van der Waals surface area contributed by atoms with E-state index in [1.165, 1.54) is 12.1 Å². The molecule has 2 aliphatic heterocycles. The van der Waals surface area contributed by atoms with Crippen LogP contribution in [0.25, 0.3) is 11.2 Å². The number of aliphatic hydroxyl groups is 1. The standard InChI is InChI=1S/C25H28ClF2N3O4/c1-12(2)3-4-13-7-16(27)14(17(28)8-13)5-6-18-15(26)9-19-24(29-18)31-25(30-19)35-21-11-34-22-20(32)10-33-23(21)22/h7-9,12,20-23,32H,3-6,10-11H2,1-2H3,(H,29,30,31)/t20-,21-,22-,23-/m1/s1. The molecule has 10 heteroatoms. The molecule has 188 valence electrons. The van der Waals surface area contributed by atoms with Crippen molar-refractivity contribution >= 4 is 22.8 Å². The largest absolute Gasteiger partial charge is 0.456 e. The van der Waals surface area contributed by atoms with Crippen LogP contribution in [0, 0.1) is 17.6 Å². The number of aliphatic hydroxyl groups excluding tert-OH is 1. The Kier molecular flexibility index (Phi) is 6.94. The van der Waals surface area contributed by atoms with Crippen LogP contribution >= 0.6 is 11.6 Å². The first kappa shape index (κ1) is 24.4. The van der Waals surface area contributed by atoms with Gasteiger partial charge in [-0.1, -0.05) is 25.4 Å². The van der Waals surface area contributed by atoms with Gasteiger partial charge in [0.15, 0.2) is 11.8 Å². The van der Waals surface area contributed by atoms with Crippen LogP contribution in [-0.4, -0.2) is 57.7 Å². The number of pyridine rings is 1. The monoisotopic (exact) mass is 507 g/mol. The fourth-order valence-corrected chi connectivity index (χ4v) is 4.84. The lowest BCUT2D eigenvalue weighted by Gasteiger charge is -2.15. The predicted octanol–water partition coefficient (Wildman–Crippen LogP) is 4.17. The van der Waals surface area contributed by atoms with Gasteiger partial charge in [-0.15, -0.1) is 0 Å². The second kappa shape index (κ2) is 9.97. The van der Waals surface area contributed by atoms with Crippen molar-refractivity contribution in [1.29, 1.82) is 0 Å².